The van der Waals surface area contributed by atoms with Crippen molar-refractivity contribution in [1.29, 1.82) is 0 Å². The molecule has 0 unspecified atom stereocenters. The first-order valence-electron chi connectivity index (χ1n) is 4.50. The van der Waals surface area contributed by atoms with Gasteiger partial charge in [0.2, 0.25) is 0 Å². The van der Waals surface area contributed by atoms with Crippen LogP contribution in [0.5, 0.6) is 11.5 Å². The highest BCUT2D eigenvalue weighted by atomic mass is 19.4. The van der Waals surface area contributed by atoms with Gasteiger partial charge < -0.3 is 14.6 Å². The lowest BCUT2D eigenvalue weighted by atomic mass is 9.94. The Bertz CT molecular complexity index is 483. The third kappa shape index (κ3) is 1.46. The number of alkyl halides is 3. The molecule has 0 fully saturated rings. The highest BCUT2D eigenvalue weighted by Crippen LogP contribution is 2.48. The number of fused-ring (bicyclic) bond motifs is 1. The number of carbonyl (C=O) groups is 1. The largest absolute Gasteiger partial charge is 0.497 e. The topological polar surface area (TPSA) is 55.8 Å². The van der Waals surface area contributed by atoms with E-state index in [4.69, 9.17) is 4.74 Å². The van der Waals surface area contributed by atoms with Gasteiger partial charge in [0.15, 0.2) is 0 Å². The Kier molecular flexibility index (Phi) is 2.32. The van der Waals surface area contributed by atoms with Gasteiger partial charge in [-0.05, 0) is 18.2 Å². The number of hydrogen-bond donors (Lipinski definition) is 1. The molecule has 4 nitrogen and oxygen atoms in total. The number of esters is 1. The van der Waals surface area contributed by atoms with E-state index in [9.17, 15) is 23.1 Å². The summed E-state index contributed by atoms with van der Waals surface area (Å²) >= 11 is 0. The molecule has 0 saturated carbocycles. The predicted molar refractivity (Wildman–Crippen MR) is 48.6 cm³/mol. The maximum atomic E-state index is 12.7. The van der Waals surface area contributed by atoms with E-state index >= 15 is 0 Å². The van der Waals surface area contributed by atoms with Crippen LogP contribution < -0.4 is 9.47 Å². The highest BCUT2D eigenvalue weighted by molar-refractivity contribution is 5.89. The number of hydrogen-bond acceptors (Lipinski definition) is 4. The van der Waals surface area contributed by atoms with Crippen molar-refractivity contribution in [3.05, 3.63) is 23.8 Å². The van der Waals surface area contributed by atoms with Gasteiger partial charge in [-0.25, -0.2) is 4.79 Å². The predicted octanol–water partition coefficient (Wildman–Crippen LogP) is 1.36. The van der Waals surface area contributed by atoms with Gasteiger partial charge in [0.05, 0.1) is 12.7 Å². The molecule has 1 aliphatic rings. The molecule has 0 amide bonds. The number of ether oxygens (including phenoxy) is 2. The van der Waals surface area contributed by atoms with E-state index in [0.717, 1.165) is 12.1 Å². The summed E-state index contributed by atoms with van der Waals surface area (Å²) in [6, 6.07) is 3.39. The SMILES string of the molecule is COc1ccc2c(c1)[C@](O)(C(F)(F)F)C(=O)O2. The Morgan fingerprint density at radius 2 is 2.06 bits per heavy atom. The Morgan fingerprint density at radius 1 is 1.41 bits per heavy atom. The third-order valence-electron chi connectivity index (χ3n) is 2.48. The molecule has 2 rings (SSSR count). The maximum Gasteiger partial charge on any atom is 0.432 e. The molecule has 92 valence electrons. The summed E-state index contributed by atoms with van der Waals surface area (Å²) in [5, 5.41) is 9.51. The zero-order valence-corrected chi connectivity index (χ0v) is 8.54. The molecule has 1 aromatic carbocycles. The molecule has 1 atom stereocenters. The number of rotatable bonds is 1. The number of aliphatic hydroxyl groups is 1. The molecule has 0 aliphatic carbocycles. The smallest absolute Gasteiger partial charge is 0.432 e. The summed E-state index contributed by atoms with van der Waals surface area (Å²) in [6.07, 6.45) is -5.15. The van der Waals surface area contributed by atoms with Crippen LogP contribution in [0, 0.1) is 0 Å². The van der Waals surface area contributed by atoms with E-state index in [1.807, 2.05) is 0 Å². The van der Waals surface area contributed by atoms with Gasteiger partial charge in [0.25, 0.3) is 5.60 Å². The molecule has 0 aromatic heterocycles. The second-order valence-electron chi connectivity index (χ2n) is 3.46. The number of halogens is 3. The molecule has 17 heavy (non-hydrogen) atoms. The summed E-state index contributed by atoms with van der Waals surface area (Å²) in [7, 11) is 1.26. The van der Waals surface area contributed by atoms with E-state index in [1.165, 1.54) is 13.2 Å². The second-order valence-corrected chi connectivity index (χ2v) is 3.46. The molecule has 0 radical (unpaired) electrons. The Labute approximate surface area is 93.6 Å². The zero-order valence-electron chi connectivity index (χ0n) is 8.54. The van der Waals surface area contributed by atoms with Crippen LogP contribution in [0.2, 0.25) is 0 Å². The quantitative estimate of drug-likeness (QED) is 0.602. The first kappa shape index (κ1) is 11.7. The fraction of sp³-hybridized carbons (Fsp3) is 0.300. The molecule has 1 heterocycles. The van der Waals surface area contributed by atoms with Gasteiger partial charge in [-0.1, -0.05) is 0 Å². The Balaban J connectivity index is 2.64. The van der Waals surface area contributed by atoms with E-state index in [0.29, 0.717) is 0 Å². The van der Waals surface area contributed by atoms with Crippen LogP contribution in [0.1, 0.15) is 5.56 Å². The molecule has 1 N–H and O–H groups in total. The number of methoxy groups -OCH3 is 1. The van der Waals surface area contributed by atoms with E-state index in [-0.39, 0.29) is 11.5 Å². The normalized spacial score (nSPS) is 23.2. The molecule has 1 aliphatic heterocycles. The first-order valence-corrected chi connectivity index (χ1v) is 4.50. The fourth-order valence-electron chi connectivity index (χ4n) is 1.56. The lowest BCUT2D eigenvalue weighted by Crippen LogP contribution is -2.47. The van der Waals surface area contributed by atoms with Gasteiger partial charge in [-0.2, -0.15) is 13.2 Å². The molecular formula is C10H7F3O4. The summed E-state index contributed by atoms with van der Waals surface area (Å²) in [5.74, 6) is -1.99. The third-order valence-corrected chi connectivity index (χ3v) is 2.48. The molecule has 1 aromatic rings. The summed E-state index contributed by atoms with van der Waals surface area (Å²) < 4.78 is 47.3. The Morgan fingerprint density at radius 3 is 2.59 bits per heavy atom. The van der Waals surface area contributed by atoms with Crippen molar-refractivity contribution < 1.29 is 32.5 Å². The maximum absolute atomic E-state index is 12.7. The van der Waals surface area contributed by atoms with Gasteiger partial charge in [0, 0.05) is 0 Å². The van der Waals surface area contributed by atoms with Gasteiger partial charge in [0.1, 0.15) is 11.5 Å². The van der Waals surface area contributed by atoms with Crippen LogP contribution in [0.25, 0.3) is 0 Å². The van der Waals surface area contributed by atoms with Crippen molar-refractivity contribution in [3.8, 4) is 11.5 Å². The van der Waals surface area contributed by atoms with Crippen LogP contribution in [0.4, 0.5) is 13.2 Å². The molecule has 0 saturated heterocycles. The fourth-order valence-corrected chi connectivity index (χ4v) is 1.56. The average molecular weight is 248 g/mol. The lowest BCUT2D eigenvalue weighted by Gasteiger charge is -2.22. The van der Waals surface area contributed by atoms with Crippen LogP contribution in [-0.4, -0.2) is 24.4 Å². The number of benzene rings is 1. The van der Waals surface area contributed by atoms with Crippen LogP contribution in [-0.2, 0) is 10.4 Å². The van der Waals surface area contributed by atoms with Crippen molar-refractivity contribution in [2.75, 3.05) is 7.11 Å². The minimum absolute atomic E-state index is 0.0877. The van der Waals surface area contributed by atoms with Crippen molar-refractivity contribution in [1.82, 2.24) is 0 Å². The van der Waals surface area contributed by atoms with E-state index in [2.05, 4.69) is 4.74 Å². The van der Waals surface area contributed by atoms with E-state index < -0.39 is 23.3 Å². The van der Waals surface area contributed by atoms with Crippen molar-refractivity contribution in [2.45, 2.75) is 11.8 Å². The van der Waals surface area contributed by atoms with Gasteiger partial charge in [-0.3, -0.25) is 0 Å². The molecule has 7 heteroatoms. The highest BCUT2D eigenvalue weighted by Gasteiger charge is 2.66. The minimum atomic E-state index is -5.15. The second kappa shape index (κ2) is 3.36. The average Bonchev–Trinajstić information content (AvgIpc) is 2.51. The van der Waals surface area contributed by atoms with Gasteiger partial charge >= 0.3 is 12.1 Å². The summed E-state index contributed by atoms with van der Waals surface area (Å²) in [6.45, 7) is 0. The summed E-state index contributed by atoms with van der Waals surface area (Å²) in [5.41, 5.74) is -4.29. The molecule has 0 spiro atoms. The monoisotopic (exact) mass is 248 g/mol. The zero-order chi connectivity index (χ0) is 12.8. The lowest BCUT2D eigenvalue weighted by molar-refractivity contribution is -0.258. The van der Waals surface area contributed by atoms with E-state index in [1.54, 1.807) is 0 Å². The van der Waals surface area contributed by atoms with Crippen molar-refractivity contribution in [3.63, 3.8) is 0 Å². The van der Waals surface area contributed by atoms with Crippen molar-refractivity contribution >= 4 is 5.97 Å². The standard InChI is InChI=1S/C10H7F3O4/c1-16-5-2-3-7-6(4-5)9(15,8(14)17-7)10(11,12)13/h2-4,15H,1H3/t9-/m1/s1. The first-order chi connectivity index (χ1) is 7.80. The van der Waals surface area contributed by atoms with Crippen LogP contribution in [0.3, 0.4) is 0 Å². The van der Waals surface area contributed by atoms with Crippen LogP contribution >= 0.6 is 0 Å². The number of carbonyl (C=O) groups excluding carboxylic acids is 1. The van der Waals surface area contributed by atoms with Crippen molar-refractivity contribution in [2.24, 2.45) is 0 Å². The van der Waals surface area contributed by atoms with Gasteiger partial charge in [-0.15, -0.1) is 0 Å². The minimum Gasteiger partial charge on any atom is -0.497 e. The van der Waals surface area contributed by atoms with Crippen LogP contribution in [0.15, 0.2) is 18.2 Å². The molecular weight excluding hydrogens is 241 g/mol. The molecule has 0 bridgehead atoms. The summed E-state index contributed by atoms with van der Waals surface area (Å²) in [4.78, 5) is 11.2. The Hall–Kier alpha value is -1.76.